The van der Waals surface area contributed by atoms with Crippen molar-refractivity contribution in [1.82, 2.24) is 5.32 Å². The van der Waals surface area contributed by atoms with Crippen molar-refractivity contribution in [3.63, 3.8) is 0 Å². The standard InChI is InChI=1S/C7H14N2OS/c1-2-9-7(5-8)6-11-4-3-10/h7,9-10H,2-4,6H2,1H3. The molecule has 1 atom stereocenters. The number of nitrogens with one attached hydrogen (secondary N) is 1. The summed E-state index contributed by atoms with van der Waals surface area (Å²) in [5, 5.41) is 20.1. The van der Waals surface area contributed by atoms with Crippen LogP contribution >= 0.6 is 11.8 Å². The van der Waals surface area contributed by atoms with Gasteiger partial charge in [-0.3, -0.25) is 0 Å². The van der Waals surface area contributed by atoms with Crippen molar-refractivity contribution in [1.29, 1.82) is 5.26 Å². The number of nitrogens with zero attached hydrogens (tertiary/aromatic N) is 1. The Morgan fingerprint density at radius 2 is 2.45 bits per heavy atom. The molecular formula is C7H14N2OS. The minimum Gasteiger partial charge on any atom is -0.396 e. The molecule has 64 valence electrons. The van der Waals surface area contributed by atoms with Gasteiger partial charge < -0.3 is 10.4 Å². The van der Waals surface area contributed by atoms with E-state index in [9.17, 15) is 0 Å². The quantitative estimate of drug-likeness (QED) is 0.565. The molecule has 0 aliphatic carbocycles. The van der Waals surface area contributed by atoms with E-state index in [0.29, 0.717) is 5.75 Å². The molecule has 0 radical (unpaired) electrons. The second-order valence-electron chi connectivity index (χ2n) is 2.04. The molecule has 0 spiro atoms. The summed E-state index contributed by atoms with van der Waals surface area (Å²) >= 11 is 1.59. The van der Waals surface area contributed by atoms with Crippen molar-refractivity contribution in [3.8, 4) is 6.07 Å². The summed E-state index contributed by atoms with van der Waals surface area (Å²) in [6.07, 6.45) is 0. The van der Waals surface area contributed by atoms with Gasteiger partial charge in [-0.15, -0.1) is 0 Å². The monoisotopic (exact) mass is 174 g/mol. The van der Waals surface area contributed by atoms with Crippen LogP contribution < -0.4 is 5.32 Å². The van der Waals surface area contributed by atoms with E-state index in [0.717, 1.165) is 12.3 Å². The number of thioether (sulfide) groups is 1. The van der Waals surface area contributed by atoms with Gasteiger partial charge >= 0.3 is 0 Å². The Morgan fingerprint density at radius 1 is 1.73 bits per heavy atom. The highest BCUT2D eigenvalue weighted by Gasteiger charge is 2.03. The van der Waals surface area contributed by atoms with Gasteiger partial charge in [0, 0.05) is 11.5 Å². The minimum atomic E-state index is -0.0726. The van der Waals surface area contributed by atoms with Gasteiger partial charge in [0.1, 0.15) is 6.04 Å². The van der Waals surface area contributed by atoms with Crippen LogP contribution in [0.25, 0.3) is 0 Å². The Hall–Kier alpha value is -0.240. The first-order valence-electron chi connectivity index (χ1n) is 3.66. The number of hydrogen-bond donors (Lipinski definition) is 2. The molecule has 0 aromatic carbocycles. The average Bonchev–Trinajstić information content (AvgIpc) is 2.03. The van der Waals surface area contributed by atoms with E-state index in [4.69, 9.17) is 10.4 Å². The topological polar surface area (TPSA) is 56.0 Å². The SMILES string of the molecule is CCNC(C#N)CSCCO. The molecule has 1 unspecified atom stereocenters. The summed E-state index contributed by atoms with van der Waals surface area (Å²) < 4.78 is 0. The number of aliphatic hydroxyl groups excluding tert-OH is 1. The zero-order chi connectivity index (χ0) is 8.53. The highest BCUT2D eigenvalue weighted by molar-refractivity contribution is 7.99. The second kappa shape index (κ2) is 7.86. The molecule has 2 N–H and O–H groups in total. The first kappa shape index (κ1) is 10.8. The van der Waals surface area contributed by atoms with Crippen molar-refractivity contribution in [2.75, 3.05) is 24.7 Å². The van der Waals surface area contributed by atoms with Crippen LogP contribution in [0.2, 0.25) is 0 Å². The van der Waals surface area contributed by atoms with Crippen LogP contribution in [-0.2, 0) is 0 Å². The molecular weight excluding hydrogens is 160 g/mol. The Kier molecular flexibility index (Phi) is 7.69. The van der Waals surface area contributed by atoms with Crippen molar-refractivity contribution < 1.29 is 5.11 Å². The summed E-state index contributed by atoms with van der Waals surface area (Å²) in [6, 6.07) is 2.08. The zero-order valence-electron chi connectivity index (χ0n) is 6.71. The molecule has 0 amide bonds. The molecule has 0 aliphatic rings. The molecule has 0 bridgehead atoms. The first-order chi connectivity index (χ1) is 5.35. The molecule has 0 rings (SSSR count). The minimum absolute atomic E-state index is 0.0726. The van der Waals surface area contributed by atoms with E-state index in [2.05, 4.69) is 11.4 Å². The van der Waals surface area contributed by atoms with E-state index < -0.39 is 0 Å². The fourth-order valence-electron chi connectivity index (χ4n) is 0.654. The van der Waals surface area contributed by atoms with Gasteiger partial charge in [0.2, 0.25) is 0 Å². The Balaban J connectivity index is 3.30. The third-order valence-corrected chi connectivity index (χ3v) is 2.17. The van der Waals surface area contributed by atoms with Crippen LogP contribution in [0.5, 0.6) is 0 Å². The molecule has 0 heterocycles. The van der Waals surface area contributed by atoms with E-state index in [1.54, 1.807) is 11.8 Å². The summed E-state index contributed by atoms with van der Waals surface area (Å²) in [5.74, 6) is 1.47. The summed E-state index contributed by atoms with van der Waals surface area (Å²) in [7, 11) is 0. The number of hydrogen-bond acceptors (Lipinski definition) is 4. The Labute approximate surface area is 71.8 Å². The zero-order valence-corrected chi connectivity index (χ0v) is 7.52. The second-order valence-corrected chi connectivity index (χ2v) is 3.19. The van der Waals surface area contributed by atoms with Gasteiger partial charge in [0.25, 0.3) is 0 Å². The van der Waals surface area contributed by atoms with E-state index >= 15 is 0 Å². The van der Waals surface area contributed by atoms with Gasteiger partial charge in [-0.25, -0.2) is 0 Å². The van der Waals surface area contributed by atoms with Crippen LogP contribution in [0, 0.1) is 11.3 Å². The van der Waals surface area contributed by atoms with Crippen LogP contribution in [0.3, 0.4) is 0 Å². The third kappa shape index (κ3) is 6.17. The van der Waals surface area contributed by atoms with Gasteiger partial charge in [0.05, 0.1) is 12.7 Å². The van der Waals surface area contributed by atoms with Gasteiger partial charge in [-0.1, -0.05) is 6.92 Å². The average molecular weight is 174 g/mol. The lowest BCUT2D eigenvalue weighted by Crippen LogP contribution is -2.29. The fraction of sp³-hybridized carbons (Fsp3) is 0.857. The lowest BCUT2D eigenvalue weighted by Gasteiger charge is -2.07. The maximum Gasteiger partial charge on any atom is 0.104 e. The van der Waals surface area contributed by atoms with Crippen molar-refractivity contribution in [3.05, 3.63) is 0 Å². The smallest absolute Gasteiger partial charge is 0.104 e. The van der Waals surface area contributed by atoms with Crippen LogP contribution in [-0.4, -0.2) is 35.8 Å². The van der Waals surface area contributed by atoms with Gasteiger partial charge in [-0.2, -0.15) is 17.0 Å². The van der Waals surface area contributed by atoms with Crippen LogP contribution in [0.15, 0.2) is 0 Å². The molecule has 0 fully saturated rings. The van der Waals surface area contributed by atoms with E-state index in [-0.39, 0.29) is 12.6 Å². The van der Waals surface area contributed by atoms with Crippen LogP contribution in [0.1, 0.15) is 6.92 Å². The largest absolute Gasteiger partial charge is 0.396 e. The molecule has 0 saturated carbocycles. The lowest BCUT2D eigenvalue weighted by molar-refractivity contribution is 0.322. The Morgan fingerprint density at radius 3 is 2.91 bits per heavy atom. The lowest BCUT2D eigenvalue weighted by atomic mass is 10.4. The highest BCUT2D eigenvalue weighted by Crippen LogP contribution is 2.00. The van der Waals surface area contributed by atoms with E-state index in [1.807, 2.05) is 6.92 Å². The molecule has 0 aromatic rings. The van der Waals surface area contributed by atoms with Crippen molar-refractivity contribution >= 4 is 11.8 Å². The van der Waals surface area contributed by atoms with E-state index in [1.165, 1.54) is 0 Å². The van der Waals surface area contributed by atoms with Gasteiger partial charge in [0.15, 0.2) is 0 Å². The molecule has 11 heavy (non-hydrogen) atoms. The number of rotatable bonds is 6. The first-order valence-corrected chi connectivity index (χ1v) is 4.82. The molecule has 3 nitrogen and oxygen atoms in total. The van der Waals surface area contributed by atoms with Crippen molar-refractivity contribution in [2.24, 2.45) is 0 Å². The molecule has 0 aliphatic heterocycles. The Bertz CT molecular complexity index is 124. The summed E-state index contributed by atoms with van der Waals surface area (Å²) in [4.78, 5) is 0. The number of aliphatic hydroxyl groups is 1. The molecule has 0 saturated heterocycles. The highest BCUT2D eigenvalue weighted by atomic mass is 32.2. The maximum absolute atomic E-state index is 8.57. The normalized spacial score (nSPS) is 12.5. The predicted octanol–water partition coefficient (Wildman–Crippen LogP) is 0.214. The predicted molar refractivity (Wildman–Crippen MR) is 47.5 cm³/mol. The maximum atomic E-state index is 8.57. The molecule has 4 heteroatoms. The van der Waals surface area contributed by atoms with Crippen molar-refractivity contribution in [2.45, 2.75) is 13.0 Å². The fourth-order valence-corrected chi connectivity index (χ4v) is 1.38. The number of nitriles is 1. The summed E-state index contributed by atoms with van der Waals surface area (Å²) in [6.45, 7) is 2.98. The van der Waals surface area contributed by atoms with Crippen LogP contribution in [0.4, 0.5) is 0 Å². The third-order valence-electron chi connectivity index (χ3n) is 1.13. The molecule has 0 aromatic heterocycles. The van der Waals surface area contributed by atoms with Gasteiger partial charge in [-0.05, 0) is 6.54 Å². The summed E-state index contributed by atoms with van der Waals surface area (Å²) in [5.41, 5.74) is 0.